The first-order valence-electron chi connectivity index (χ1n) is 5.14. The minimum atomic E-state index is -0.0732. The molecule has 16 heavy (non-hydrogen) atoms. The van der Waals surface area contributed by atoms with Gasteiger partial charge in [-0.05, 0) is 32.9 Å². The maximum atomic E-state index is 11.4. The molecule has 0 bridgehead atoms. The Morgan fingerprint density at radius 3 is 2.25 bits per heavy atom. The van der Waals surface area contributed by atoms with Gasteiger partial charge >= 0.3 is 0 Å². The summed E-state index contributed by atoms with van der Waals surface area (Å²) < 4.78 is 0. The van der Waals surface area contributed by atoms with Crippen LogP contribution in [0.3, 0.4) is 0 Å². The molecule has 1 aromatic carbocycles. The van der Waals surface area contributed by atoms with E-state index in [2.05, 4.69) is 0 Å². The van der Waals surface area contributed by atoms with E-state index < -0.39 is 0 Å². The maximum absolute atomic E-state index is 11.4. The molecule has 2 nitrogen and oxygen atoms in total. The van der Waals surface area contributed by atoms with Crippen molar-refractivity contribution in [3.8, 4) is 0 Å². The molecule has 86 valence electrons. The Morgan fingerprint density at radius 1 is 1.25 bits per heavy atom. The van der Waals surface area contributed by atoms with Crippen molar-refractivity contribution in [1.29, 1.82) is 0 Å². The van der Waals surface area contributed by atoms with Gasteiger partial charge in [-0.2, -0.15) is 0 Å². The van der Waals surface area contributed by atoms with E-state index in [-0.39, 0.29) is 16.8 Å². The van der Waals surface area contributed by atoms with E-state index in [9.17, 15) is 9.90 Å². The maximum Gasteiger partial charge on any atom is 0.160 e. The predicted molar refractivity (Wildman–Crippen MR) is 67.8 cm³/mol. The van der Waals surface area contributed by atoms with Crippen molar-refractivity contribution in [2.45, 2.75) is 30.9 Å². The van der Waals surface area contributed by atoms with Crippen LogP contribution in [-0.2, 0) is 4.79 Å². The summed E-state index contributed by atoms with van der Waals surface area (Å²) in [5.74, 6) is 0.0411. The van der Waals surface area contributed by atoms with Gasteiger partial charge < -0.3 is 5.11 Å². The van der Waals surface area contributed by atoms with Gasteiger partial charge in [-0.1, -0.05) is 18.2 Å². The zero-order chi connectivity index (χ0) is 12.1. The number of thioether (sulfide) groups is 1. The summed E-state index contributed by atoms with van der Waals surface area (Å²) >= 11 is 1.57. The van der Waals surface area contributed by atoms with E-state index >= 15 is 0 Å². The Bertz CT molecular complexity index is 392. The van der Waals surface area contributed by atoms with E-state index in [1.54, 1.807) is 18.7 Å². The number of hydrogen-bond donors (Lipinski definition) is 1. The summed E-state index contributed by atoms with van der Waals surface area (Å²) in [4.78, 5) is 12.5. The van der Waals surface area contributed by atoms with Crippen molar-refractivity contribution in [3.05, 3.63) is 41.7 Å². The molecule has 0 aromatic heterocycles. The summed E-state index contributed by atoms with van der Waals surface area (Å²) in [5.41, 5.74) is 0.494. The number of aliphatic hydroxyl groups is 1. The molecule has 0 saturated heterocycles. The molecule has 0 spiro atoms. The van der Waals surface area contributed by atoms with Gasteiger partial charge in [-0.25, -0.2) is 0 Å². The van der Waals surface area contributed by atoms with E-state index in [4.69, 9.17) is 0 Å². The lowest BCUT2D eigenvalue weighted by molar-refractivity contribution is -0.113. The Balaban J connectivity index is 2.83. The minimum Gasteiger partial charge on any atom is -0.512 e. The van der Waals surface area contributed by atoms with Gasteiger partial charge in [0.15, 0.2) is 5.78 Å². The Kier molecular flexibility index (Phi) is 4.62. The van der Waals surface area contributed by atoms with Crippen molar-refractivity contribution < 1.29 is 9.90 Å². The molecule has 0 aliphatic carbocycles. The van der Waals surface area contributed by atoms with Crippen LogP contribution in [0.1, 0.15) is 20.8 Å². The summed E-state index contributed by atoms with van der Waals surface area (Å²) in [7, 11) is 0. The van der Waals surface area contributed by atoms with Crippen LogP contribution in [0.4, 0.5) is 0 Å². The van der Waals surface area contributed by atoms with Crippen LogP contribution in [0.5, 0.6) is 0 Å². The molecule has 1 N–H and O–H groups in total. The van der Waals surface area contributed by atoms with Crippen LogP contribution < -0.4 is 0 Å². The Labute approximate surface area is 100 Å². The van der Waals surface area contributed by atoms with Crippen molar-refractivity contribution in [3.63, 3.8) is 0 Å². The fraction of sp³-hybridized carbons (Fsp3) is 0.308. The standard InChI is InChI=1S/C13H16O2S/c1-9(14)13(10(2)15)11(3)16-12-7-5-4-6-8-12/h4-8,11,14H,1-3H3/b13-9+. The van der Waals surface area contributed by atoms with Crippen molar-refractivity contribution in [2.75, 3.05) is 0 Å². The molecular formula is C13H16O2S. The lowest BCUT2D eigenvalue weighted by Crippen LogP contribution is -2.11. The van der Waals surface area contributed by atoms with Crippen LogP contribution >= 0.6 is 11.8 Å². The summed E-state index contributed by atoms with van der Waals surface area (Å²) in [5, 5.41) is 9.44. The van der Waals surface area contributed by atoms with Crippen LogP contribution in [-0.4, -0.2) is 16.1 Å². The molecule has 0 saturated carbocycles. The van der Waals surface area contributed by atoms with Gasteiger partial charge in [0.05, 0.1) is 5.76 Å². The molecular weight excluding hydrogens is 220 g/mol. The highest BCUT2D eigenvalue weighted by Crippen LogP contribution is 2.28. The van der Waals surface area contributed by atoms with E-state index in [1.807, 2.05) is 37.3 Å². The quantitative estimate of drug-likeness (QED) is 0.493. The third-order valence-corrected chi connectivity index (χ3v) is 3.37. The minimum absolute atomic E-state index is 0.0371. The Morgan fingerprint density at radius 2 is 1.81 bits per heavy atom. The van der Waals surface area contributed by atoms with Crippen molar-refractivity contribution in [2.24, 2.45) is 0 Å². The monoisotopic (exact) mass is 236 g/mol. The topological polar surface area (TPSA) is 37.3 Å². The smallest absolute Gasteiger partial charge is 0.160 e. The van der Waals surface area contributed by atoms with Crippen LogP contribution in [0.15, 0.2) is 46.6 Å². The number of Topliss-reactive ketones (excluding diaryl/α,β-unsaturated/α-hetero) is 1. The number of carbonyl (C=O) groups excluding carboxylic acids is 1. The lowest BCUT2D eigenvalue weighted by Gasteiger charge is -2.14. The molecule has 0 aliphatic rings. The number of allylic oxidation sites excluding steroid dienone is 1. The highest BCUT2D eigenvalue weighted by atomic mass is 32.2. The van der Waals surface area contributed by atoms with Crippen molar-refractivity contribution >= 4 is 17.5 Å². The van der Waals surface area contributed by atoms with Crippen LogP contribution in [0, 0.1) is 0 Å². The SMILES string of the molecule is CC(=O)/C(=C(/C)O)C(C)Sc1ccccc1. The van der Waals surface area contributed by atoms with Crippen LogP contribution in [0.2, 0.25) is 0 Å². The number of rotatable bonds is 4. The van der Waals surface area contributed by atoms with Crippen molar-refractivity contribution in [1.82, 2.24) is 0 Å². The zero-order valence-corrected chi connectivity index (χ0v) is 10.5. The molecule has 1 atom stereocenters. The van der Waals surface area contributed by atoms with E-state index in [1.165, 1.54) is 6.92 Å². The molecule has 1 rings (SSSR count). The predicted octanol–water partition coefficient (Wildman–Crippen LogP) is 3.59. The van der Waals surface area contributed by atoms with Gasteiger partial charge in [-0.3, -0.25) is 4.79 Å². The first-order chi connectivity index (χ1) is 7.52. The van der Waals surface area contributed by atoms with E-state index in [0.29, 0.717) is 5.57 Å². The van der Waals surface area contributed by atoms with Gasteiger partial charge in [-0.15, -0.1) is 11.8 Å². The highest BCUT2D eigenvalue weighted by molar-refractivity contribution is 8.00. The number of carbonyl (C=O) groups is 1. The second-order valence-electron chi connectivity index (χ2n) is 3.63. The number of benzene rings is 1. The average molecular weight is 236 g/mol. The fourth-order valence-corrected chi connectivity index (χ4v) is 2.77. The zero-order valence-electron chi connectivity index (χ0n) is 9.73. The second kappa shape index (κ2) is 5.75. The first-order valence-corrected chi connectivity index (χ1v) is 6.02. The summed E-state index contributed by atoms with van der Waals surface area (Å²) in [6.07, 6.45) is 0. The molecule has 0 fully saturated rings. The third-order valence-electron chi connectivity index (χ3n) is 2.23. The molecule has 3 heteroatoms. The lowest BCUT2D eigenvalue weighted by atomic mass is 10.1. The molecule has 1 aromatic rings. The molecule has 0 aliphatic heterocycles. The largest absolute Gasteiger partial charge is 0.512 e. The molecule has 1 unspecified atom stereocenters. The molecule has 0 radical (unpaired) electrons. The number of ketones is 1. The van der Waals surface area contributed by atoms with Gasteiger partial charge in [0.2, 0.25) is 0 Å². The molecule has 0 amide bonds. The second-order valence-corrected chi connectivity index (χ2v) is 5.04. The van der Waals surface area contributed by atoms with Gasteiger partial charge in [0.1, 0.15) is 0 Å². The van der Waals surface area contributed by atoms with E-state index in [0.717, 1.165) is 4.90 Å². The average Bonchev–Trinajstić information content (AvgIpc) is 2.17. The number of aliphatic hydroxyl groups excluding tert-OH is 1. The number of hydrogen-bond acceptors (Lipinski definition) is 3. The normalized spacial score (nSPS) is 14.2. The fourth-order valence-electron chi connectivity index (χ4n) is 1.60. The van der Waals surface area contributed by atoms with Crippen LogP contribution in [0.25, 0.3) is 0 Å². The van der Waals surface area contributed by atoms with Gasteiger partial charge in [0.25, 0.3) is 0 Å². The van der Waals surface area contributed by atoms with Gasteiger partial charge in [0, 0.05) is 15.7 Å². The first kappa shape index (κ1) is 12.8. The highest BCUT2D eigenvalue weighted by Gasteiger charge is 2.17. The summed E-state index contributed by atoms with van der Waals surface area (Å²) in [6.45, 7) is 4.96. The summed E-state index contributed by atoms with van der Waals surface area (Å²) in [6, 6.07) is 9.85. The Hall–Kier alpha value is -1.22. The third kappa shape index (κ3) is 3.42. The molecule has 0 heterocycles.